The molecule has 5 N–H and O–H groups in total. The van der Waals surface area contributed by atoms with Gasteiger partial charge < -0.3 is 48.8 Å². The van der Waals surface area contributed by atoms with E-state index in [1.807, 2.05) is 12.1 Å². The van der Waals surface area contributed by atoms with Gasteiger partial charge in [0.1, 0.15) is 56.1 Å². The largest absolute Gasteiger partial charge is 1.00 e. The van der Waals surface area contributed by atoms with Gasteiger partial charge in [0.2, 0.25) is 5.71 Å². The van der Waals surface area contributed by atoms with Gasteiger partial charge in [-0.15, -0.1) is 0 Å². The van der Waals surface area contributed by atoms with Crippen molar-refractivity contribution in [3.8, 4) is 34.1 Å². The number of nitrogens with one attached hydrogen (secondary N) is 1. The van der Waals surface area contributed by atoms with Gasteiger partial charge in [-0.3, -0.25) is 4.79 Å². The number of hydrogen-bond acceptors (Lipinski definition) is 12. The monoisotopic (exact) mass is 1030 g/mol. The standard InChI is InChI=1S/C26H17ClFN3O5.C26H15ClFN3O4.Na.H2O/c27-24-13(8-12-3-4-14(32)9-18(12)30-24)11-31-19-10-17(28)15-5-7-36-23(15)21(19)20(22(31)26(34)35)16-2-1-6-29-25(16)33;27-24-13(8-12-3-4-14(32)9-18(12)30-24)11-31-19-10-17(28)15-5-7-34-23(15)21(19)20-16-2-1-6-29-25(16)35-26(33)22(20)31;;/h1-4,6,8-10,32H,5,7,11H2,(H,29,33)(H,34,35);1-4,6,8-10,32H,5,7,11H2;;1H2/q;;+1;/p-1. The summed E-state index contributed by atoms with van der Waals surface area (Å²) in [5.41, 5.74) is 3.14. The van der Waals surface area contributed by atoms with E-state index in [0.29, 0.717) is 90.9 Å². The molecule has 0 unspecified atom stereocenters. The van der Waals surface area contributed by atoms with E-state index in [1.165, 1.54) is 47.2 Å². The number of aromatic hydroxyl groups is 2. The molecular formula is C52H33Cl2F2N6NaO10. The van der Waals surface area contributed by atoms with E-state index in [2.05, 4.69) is 19.9 Å². The van der Waals surface area contributed by atoms with Crippen LogP contribution in [-0.4, -0.2) is 69.0 Å². The zero-order valence-corrected chi connectivity index (χ0v) is 41.5. The number of rotatable bonds is 6. The molecular weight excluding hydrogens is 1000 g/mol. The summed E-state index contributed by atoms with van der Waals surface area (Å²) >= 11 is 13.0. The first-order valence-corrected chi connectivity index (χ1v) is 22.7. The third-order valence-electron chi connectivity index (χ3n) is 12.9. The second-order valence-electron chi connectivity index (χ2n) is 17.0. The molecule has 0 spiro atoms. The average molecular weight is 1030 g/mol. The molecule has 0 saturated carbocycles. The number of ether oxygens (including phenoxy) is 2. The number of aromatic amines is 1. The molecule has 0 amide bonds. The Balaban J connectivity index is 0.000000163. The van der Waals surface area contributed by atoms with Crippen molar-refractivity contribution in [2.24, 2.45) is 0 Å². The van der Waals surface area contributed by atoms with Gasteiger partial charge in [0, 0.05) is 86.7 Å². The van der Waals surface area contributed by atoms with Crippen molar-refractivity contribution in [2.75, 3.05) is 13.2 Å². The van der Waals surface area contributed by atoms with E-state index in [4.69, 9.17) is 37.1 Å². The van der Waals surface area contributed by atoms with Gasteiger partial charge in [0.15, 0.2) is 0 Å². The molecule has 16 nitrogen and oxygen atoms in total. The van der Waals surface area contributed by atoms with E-state index in [0.717, 1.165) is 5.39 Å². The molecule has 9 heterocycles. The average Bonchev–Trinajstić information content (AvgIpc) is 4.16. The van der Waals surface area contributed by atoms with Crippen LogP contribution in [0.25, 0.3) is 76.7 Å². The molecule has 73 heavy (non-hydrogen) atoms. The maximum atomic E-state index is 15.1. The Morgan fingerprint density at radius 1 is 0.740 bits per heavy atom. The minimum absolute atomic E-state index is 0. The molecule has 21 heteroatoms. The number of aromatic nitrogens is 6. The Morgan fingerprint density at radius 2 is 1.32 bits per heavy atom. The molecule has 0 bridgehead atoms. The van der Waals surface area contributed by atoms with Crippen LogP contribution in [0.4, 0.5) is 8.78 Å². The number of aromatic carboxylic acids is 1. The summed E-state index contributed by atoms with van der Waals surface area (Å²) < 4.78 is 50.6. The third-order valence-corrected chi connectivity index (χ3v) is 13.6. The van der Waals surface area contributed by atoms with Gasteiger partial charge in [-0.2, -0.15) is 0 Å². The first kappa shape index (κ1) is 49.0. The molecule has 0 atom stereocenters. The summed E-state index contributed by atoms with van der Waals surface area (Å²) in [5.74, 6) is -1.41. The SMILES string of the molecule is O=C(O)c1c(-c2ccc[nH]c2=O)c2c3c(c(F)cc2n1Cc1cc2ccc(O)cc2nc1Cl)CCO3.O=c1oc2ncccc2c2c3c4c(c(F)cc3n(Cc3cc5ccc(O)cc5nc3Cl)c12)CCO4.[Na+].[OH-]. The first-order valence-electron chi connectivity index (χ1n) is 22.0. The van der Waals surface area contributed by atoms with Gasteiger partial charge >= 0.3 is 41.2 Å². The second kappa shape index (κ2) is 18.8. The first-order chi connectivity index (χ1) is 34.3. The third kappa shape index (κ3) is 8.06. The summed E-state index contributed by atoms with van der Waals surface area (Å²) in [6.07, 6.45) is 3.79. The number of carboxylic acids is 1. The number of carbonyl (C=O) groups is 1. The maximum Gasteiger partial charge on any atom is 1.00 e. The van der Waals surface area contributed by atoms with Crippen molar-refractivity contribution in [3.63, 3.8) is 0 Å². The molecule has 4 aromatic carbocycles. The predicted molar refractivity (Wildman–Crippen MR) is 264 cm³/mol. The van der Waals surface area contributed by atoms with Crippen LogP contribution in [0, 0.1) is 11.6 Å². The van der Waals surface area contributed by atoms with E-state index in [9.17, 15) is 29.7 Å². The molecule has 2 aliphatic heterocycles. The van der Waals surface area contributed by atoms with E-state index >= 15 is 8.78 Å². The second-order valence-corrected chi connectivity index (χ2v) is 17.7. The molecule has 0 radical (unpaired) electrons. The fourth-order valence-electron chi connectivity index (χ4n) is 9.88. The number of H-pyrrole nitrogens is 1. The van der Waals surface area contributed by atoms with Gasteiger partial charge in [-0.1, -0.05) is 23.2 Å². The number of phenolic OH excluding ortho intramolecular Hbond substituents is 2. The van der Waals surface area contributed by atoms with Crippen LogP contribution in [0.15, 0.2) is 111 Å². The number of nitrogens with zero attached hydrogens (tertiary/aromatic N) is 5. The molecule has 2 aliphatic rings. The molecule has 11 aromatic rings. The van der Waals surface area contributed by atoms with E-state index < -0.39 is 23.0 Å². The van der Waals surface area contributed by atoms with Crippen LogP contribution in [0.2, 0.25) is 10.3 Å². The Kier molecular flexibility index (Phi) is 12.6. The van der Waals surface area contributed by atoms with Crippen LogP contribution in [-0.2, 0) is 25.9 Å². The zero-order valence-electron chi connectivity index (χ0n) is 38.0. The summed E-state index contributed by atoms with van der Waals surface area (Å²) in [5, 5.41) is 33.8. The van der Waals surface area contributed by atoms with Gasteiger partial charge in [-0.25, -0.2) is 33.3 Å². The fourth-order valence-corrected chi connectivity index (χ4v) is 10.3. The van der Waals surface area contributed by atoms with Crippen LogP contribution < -0.4 is 50.2 Å². The number of benzene rings is 4. The molecule has 7 aromatic heterocycles. The summed E-state index contributed by atoms with van der Waals surface area (Å²) in [6.45, 7) is 0.681. The number of halogens is 4. The Morgan fingerprint density at radius 3 is 1.90 bits per heavy atom. The van der Waals surface area contributed by atoms with Crippen molar-refractivity contribution in [1.82, 2.24) is 29.1 Å². The molecule has 0 aliphatic carbocycles. The summed E-state index contributed by atoms with van der Waals surface area (Å²) in [4.78, 5) is 54.2. The van der Waals surface area contributed by atoms with E-state index in [-0.39, 0.29) is 122 Å². The number of carboxylic acid groups (broad SMARTS) is 1. The fraction of sp³-hybridized carbons (Fsp3) is 0.115. The van der Waals surface area contributed by atoms with Crippen LogP contribution in [0.3, 0.4) is 0 Å². The van der Waals surface area contributed by atoms with Crippen molar-refractivity contribution < 1.29 is 77.8 Å². The van der Waals surface area contributed by atoms with Gasteiger partial charge in [-0.05, 0) is 72.8 Å². The van der Waals surface area contributed by atoms with Crippen molar-refractivity contribution in [2.45, 2.75) is 25.9 Å². The predicted octanol–water partition coefficient (Wildman–Crippen LogP) is 6.88. The molecule has 13 rings (SSSR count). The summed E-state index contributed by atoms with van der Waals surface area (Å²) in [6, 6.07) is 22.4. The van der Waals surface area contributed by atoms with Crippen molar-refractivity contribution in [3.05, 3.63) is 168 Å². The number of pyridine rings is 4. The zero-order chi connectivity index (χ0) is 49.0. The number of fused-ring (bicyclic) bond motifs is 12. The Bertz CT molecular complexity index is 4280. The number of hydrogen-bond donors (Lipinski definition) is 4. The normalized spacial score (nSPS) is 12.6. The molecule has 0 fully saturated rings. The minimum atomic E-state index is -1.30. The van der Waals surface area contributed by atoms with Crippen LogP contribution in [0.1, 0.15) is 32.7 Å². The van der Waals surface area contributed by atoms with E-state index in [1.54, 1.807) is 47.2 Å². The Hall–Kier alpha value is -7.58. The van der Waals surface area contributed by atoms with Crippen molar-refractivity contribution in [1.29, 1.82) is 0 Å². The van der Waals surface area contributed by atoms with Crippen LogP contribution >= 0.6 is 23.2 Å². The summed E-state index contributed by atoms with van der Waals surface area (Å²) in [7, 11) is 0. The van der Waals surface area contributed by atoms with Crippen molar-refractivity contribution >= 4 is 94.8 Å². The quantitative estimate of drug-likeness (QED) is 0.0983. The van der Waals surface area contributed by atoms with Gasteiger partial charge in [0.05, 0.1) is 64.7 Å². The minimum Gasteiger partial charge on any atom is -0.870 e. The number of phenols is 2. The van der Waals surface area contributed by atoms with Gasteiger partial charge in [0.25, 0.3) is 5.56 Å². The van der Waals surface area contributed by atoms with Crippen LogP contribution in [0.5, 0.6) is 23.0 Å². The smallest absolute Gasteiger partial charge is 0.870 e. The Labute approximate surface area is 440 Å². The molecule has 0 saturated heterocycles. The molecule has 360 valence electrons. The maximum absolute atomic E-state index is 15.1. The topological polar surface area (TPSA) is 238 Å².